The SMILES string of the molecule is C\C=C/C(=C\C(C)=N\C=C(/C)c1ccc2cc(F)cc(CC3CCNCC3F)c2n1)CCCOC. The van der Waals surface area contributed by atoms with Gasteiger partial charge < -0.3 is 10.1 Å². The van der Waals surface area contributed by atoms with E-state index in [9.17, 15) is 8.78 Å². The number of aromatic nitrogens is 1. The van der Waals surface area contributed by atoms with Crippen LogP contribution in [0.25, 0.3) is 16.5 Å². The van der Waals surface area contributed by atoms with Gasteiger partial charge >= 0.3 is 0 Å². The Balaban J connectivity index is 1.85. The van der Waals surface area contributed by atoms with Crippen molar-refractivity contribution in [3.8, 4) is 0 Å². The van der Waals surface area contributed by atoms with E-state index in [1.165, 1.54) is 17.7 Å². The first-order chi connectivity index (χ1) is 16.9. The molecule has 2 heterocycles. The number of halogens is 2. The second kappa shape index (κ2) is 13.4. The molecule has 0 saturated carbocycles. The molecule has 35 heavy (non-hydrogen) atoms. The third-order valence-electron chi connectivity index (χ3n) is 6.32. The molecule has 1 aromatic heterocycles. The molecule has 2 atom stereocenters. The number of ether oxygens (including phenoxy) is 1. The predicted molar refractivity (Wildman–Crippen MR) is 142 cm³/mol. The molecule has 0 bridgehead atoms. The number of pyridine rings is 1. The summed E-state index contributed by atoms with van der Waals surface area (Å²) >= 11 is 0. The van der Waals surface area contributed by atoms with E-state index < -0.39 is 6.17 Å². The van der Waals surface area contributed by atoms with Crippen LogP contribution in [0.15, 0.2) is 59.3 Å². The summed E-state index contributed by atoms with van der Waals surface area (Å²) in [4.78, 5) is 9.47. The van der Waals surface area contributed by atoms with Crippen LogP contribution in [0.1, 0.15) is 51.3 Å². The Labute approximate surface area is 207 Å². The van der Waals surface area contributed by atoms with Gasteiger partial charge in [0.2, 0.25) is 0 Å². The van der Waals surface area contributed by atoms with Gasteiger partial charge in [-0.2, -0.15) is 0 Å². The third-order valence-corrected chi connectivity index (χ3v) is 6.32. The second-order valence-corrected chi connectivity index (χ2v) is 9.20. The van der Waals surface area contributed by atoms with Crippen LogP contribution in [0.3, 0.4) is 0 Å². The van der Waals surface area contributed by atoms with Gasteiger partial charge in [0.15, 0.2) is 0 Å². The molecule has 1 fully saturated rings. The van der Waals surface area contributed by atoms with E-state index in [0.717, 1.165) is 65.9 Å². The van der Waals surface area contributed by atoms with Crippen molar-refractivity contribution in [2.45, 2.75) is 52.6 Å². The zero-order valence-electron chi connectivity index (χ0n) is 21.3. The summed E-state index contributed by atoms with van der Waals surface area (Å²) in [7, 11) is 1.71. The fraction of sp³-hybridized carbons (Fsp3) is 0.448. The molecule has 0 aliphatic carbocycles. The van der Waals surface area contributed by atoms with Gasteiger partial charge in [0.1, 0.15) is 12.0 Å². The van der Waals surface area contributed by atoms with Gasteiger partial charge in [0.05, 0.1) is 11.2 Å². The third kappa shape index (κ3) is 7.91. The van der Waals surface area contributed by atoms with E-state index in [4.69, 9.17) is 9.72 Å². The highest BCUT2D eigenvalue weighted by atomic mass is 19.1. The van der Waals surface area contributed by atoms with E-state index >= 15 is 0 Å². The molecular weight excluding hydrogens is 444 g/mol. The first kappa shape index (κ1) is 26.9. The van der Waals surface area contributed by atoms with Crippen molar-refractivity contribution in [3.05, 3.63) is 71.3 Å². The van der Waals surface area contributed by atoms with Crippen LogP contribution in [0.4, 0.5) is 8.78 Å². The zero-order chi connectivity index (χ0) is 25.2. The summed E-state index contributed by atoms with van der Waals surface area (Å²) in [5, 5.41) is 3.81. The van der Waals surface area contributed by atoms with Crippen LogP contribution in [0.5, 0.6) is 0 Å². The van der Waals surface area contributed by atoms with E-state index in [0.29, 0.717) is 13.0 Å². The molecule has 2 unspecified atom stereocenters. The van der Waals surface area contributed by atoms with Crippen molar-refractivity contribution in [2.24, 2.45) is 10.9 Å². The molecule has 1 aliphatic heterocycles. The Morgan fingerprint density at radius 2 is 2.11 bits per heavy atom. The van der Waals surface area contributed by atoms with Crippen LogP contribution in [-0.2, 0) is 11.2 Å². The van der Waals surface area contributed by atoms with Crippen molar-refractivity contribution in [1.29, 1.82) is 0 Å². The number of allylic oxidation sites excluding steroid dienone is 5. The highest BCUT2D eigenvalue weighted by Gasteiger charge is 2.25. The highest BCUT2D eigenvalue weighted by Crippen LogP contribution is 2.27. The topological polar surface area (TPSA) is 46.5 Å². The monoisotopic (exact) mass is 481 g/mol. The number of piperidine rings is 1. The number of methoxy groups -OCH3 is 1. The fourth-order valence-corrected chi connectivity index (χ4v) is 4.44. The highest BCUT2D eigenvalue weighted by molar-refractivity contribution is 5.94. The lowest BCUT2D eigenvalue weighted by molar-refractivity contribution is 0.180. The van der Waals surface area contributed by atoms with E-state index in [1.807, 2.05) is 45.2 Å². The zero-order valence-corrected chi connectivity index (χ0v) is 21.3. The van der Waals surface area contributed by atoms with Crippen molar-refractivity contribution in [2.75, 3.05) is 26.8 Å². The molecule has 1 saturated heterocycles. The average Bonchev–Trinajstić information content (AvgIpc) is 2.84. The van der Waals surface area contributed by atoms with Crippen LogP contribution < -0.4 is 5.32 Å². The largest absolute Gasteiger partial charge is 0.385 e. The second-order valence-electron chi connectivity index (χ2n) is 9.20. The molecule has 1 aliphatic rings. The number of aliphatic imine (C=N–C) groups is 1. The van der Waals surface area contributed by atoms with Gasteiger partial charge in [0.25, 0.3) is 0 Å². The Morgan fingerprint density at radius 1 is 1.29 bits per heavy atom. The maximum Gasteiger partial charge on any atom is 0.124 e. The smallest absolute Gasteiger partial charge is 0.124 e. The first-order valence-corrected chi connectivity index (χ1v) is 12.4. The molecule has 4 nitrogen and oxygen atoms in total. The van der Waals surface area contributed by atoms with Gasteiger partial charge in [0, 0.05) is 37.6 Å². The van der Waals surface area contributed by atoms with Gasteiger partial charge in [-0.15, -0.1) is 0 Å². The minimum atomic E-state index is -0.931. The van der Waals surface area contributed by atoms with Gasteiger partial charge in [-0.3, -0.25) is 4.99 Å². The van der Waals surface area contributed by atoms with E-state index in [2.05, 4.69) is 22.5 Å². The number of rotatable bonds is 10. The van der Waals surface area contributed by atoms with Crippen LogP contribution in [0, 0.1) is 11.7 Å². The Bertz CT molecular complexity index is 1120. The molecule has 0 spiro atoms. The molecule has 3 rings (SSSR count). The predicted octanol–water partition coefficient (Wildman–Crippen LogP) is 6.61. The lowest BCUT2D eigenvalue weighted by atomic mass is 9.88. The van der Waals surface area contributed by atoms with E-state index in [1.54, 1.807) is 7.11 Å². The summed E-state index contributed by atoms with van der Waals surface area (Å²) < 4.78 is 33.9. The Kier molecular flexibility index (Phi) is 10.3. The minimum absolute atomic E-state index is 0.127. The van der Waals surface area contributed by atoms with Crippen molar-refractivity contribution >= 4 is 22.2 Å². The van der Waals surface area contributed by atoms with Gasteiger partial charge in [-0.1, -0.05) is 18.2 Å². The molecule has 188 valence electrons. The van der Waals surface area contributed by atoms with Crippen LogP contribution in [0.2, 0.25) is 0 Å². The number of hydrogen-bond donors (Lipinski definition) is 1. The van der Waals surface area contributed by atoms with Crippen LogP contribution >= 0.6 is 0 Å². The molecule has 6 heteroatoms. The normalized spacial score (nSPS) is 20.2. The van der Waals surface area contributed by atoms with E-state index in [-0.39, 0.29) is 11.7 Å². The van der Waals surface area contributed by atoms with Gasteiger partial charge in [-0.25, -0.2) is 13.8 Å². The maximum atomic E-state index is 14.4. The number of fused-ring (bicyclic) bond motifs is 1. The Morgan fingerprint density at radius 3 is 2.86 bits per heavy atom. The summed E-state index contributed by atoms with van der Waals surface area (Å²) in [6, 6.07) is 6.76. The molecule has 0 amide bonds. The summed E-state index contributed by atoms with van der Waals surface area (Å²) in [6.07, 6.45) is 10.2. The molecule has 0 radical (unpaired) electrons. The summed E-state index contributed by atoms with van der Waals surface area (Å²) in [5.41, 5.74) is 5.29. The lowest BCUT2D eigenvalue weighted by Crippen LogP contribution is -2.38. The lowest BCUT2D eigenvalue weighted by Gasteiger charge is -2.27. The number of nitrogens with zero attached hydrogens (tertiary/aromatic N) is 2. The summed E-state index contributed by atoms with van der Waals surface area (Å²) in [6.45, 7) is 7.82. The molecule has 2 aromatic rings. The molecular formula is C29H37F2N3O. The Hall–Kier alpha value is -2.70. The minimum Gasteiger partial charge on any atom is -0.385 e. The molecule has 1 aromatic carbocycles. The number of alkyl halides is 1. The number of hydrogen-bond acceptors (Lipinski definition) is 4. The van der Waals surface area contributed by atoms with Crippen molar-refractivity contribution < 1.29 is 13.5 Å². The molecule has 1 N–H and O–H groups in total. The summed E-state index contributed by atoms with van der Waals surface area (Å²) in [5.74, 6) is -0.439. The van der Waals surface area contributed by atoms with Gasteiger partial charge in [-0.05, 0) is 99.9 Å². The fourth-order valence-electron chi connectivity index (χ4n) is 4.44. The first-order valence-electron chi connectivity index (χ1n) is 12.4. The number of nitrogens with one attached hydrogen (secondary N) is 1. The maximum absolute atomic E-state index is 14.4. The quantitative estimate of drug-likeness (QED) is 0.236. The van der Waals surface area contributed by atoms with Crippen molar-refractivity contribution in [3.63, 3.8) is 0 Å². The number of benzene rings is 1. The van der Waals surface area contributed by atoms with Crippen molar-refractivity contribution in [1.82, 2.24) is 10.3 Å². The standard InChI is InChI=1S/C29H37F2N3O/c1-5-7-22(8-6-13-35-4)14-21(3)33-18-20(2)28-10-9-24-16-26(30)17-25(29(24)34-28)15-23-11-12-32-19-27(23)31/h5,7,9-10,14,16-18,23,27,32H,6,8,11-13,15,19H2,1-4H3/b7-5-,20-18+,22-14+,33-21+. The average molecular weight is 482 g/mol. The van der Waals surface area contributed by atoms with Crippen LogP contribution in [-0.4, -0.2) is 43.7 Å².